The second-order valence-electron chi connectivity index (χ2n) is 19.0. The van der Waals surface area contributed by atoms with Crippen molar-refractivity contribution in [1.29, 1.82) is 0 Å². The fourth-order valence-electron chi connectivity index (χ4n) is 10.9. The van der Waals surface area contributed by atoms with Crippen LogP contribution in [-0.2, 0) is 29.2 Å². The van der Waals surface area contributed by atoms with E-state index in [1.807, 2.05) is 27.7 Å². The molecule has 302 valence electrons. The molecule has 2 heterocycles. The van der Waals surface area contributed by atoms with Gasteiger partial charge < -0.3 is 20.9 Å². The number of carbonyl (C=O) groups excluding carboxylic acids is 5. The Balaban J connectivity index is 1.16. The molecule has 15 heteroatoms. The summed E-state index contributed by atoms with van der Waals surface area (Å²) in [5.41, 5.74) is -2.55. The van der Waals surface area contributed by atoms with Crippen LogP contribution in [-0.4, -0.2) is 88.3 Å². The first-order valence-corrected chi connectivity index (χ1v) is 21.9. The van der Waals surface area contributed by atoms with Crippen molar-refractivity contribution in [3.8, 4) is 0 Å². The van der Waals surface area contributed by atoms with Crippen LogP contribution in [0.3, 0.4) is 0 Å². The monoisotopic (exact) mass is 781 g/mol. The fourth-order valence-corrected chi connectivity index (χ4v) is 12.3. The van der Waals surface area contributed by atoms with Crippen molar-refractivity contribution in [2.24, 2.45) is 33.5 Å². The average molecular weight is 782 g/mol. The second kappa shape index (κ2) is 13.8. The summed E-state index contributed by atoms with van der Waals surface area (Å²) in [4.78, 5) is 80.9. The predicted molar refractivity (Wildman–Crippen MR) is 203 cm³/mol. The van der Waals surface area contributed by atoms with Crippen LogP contribution in [0.25, 0.3) is 0 Å². The standard InChI is InChI=1S/C40H59N7O7S/c1-7-25-20-40(25,35(52)46-55(53,54)26-14-15-26)45-32(49)28-21-39(37(5,6)38(39)16-11-17-38)23-47(28)34(51)30(36(2,3)4)44-33(50)29(24-12-9-8-10-13-24)43-31(48)27-22-41-18-19-42-27/h18-19,22,24-26,28-30H,7-17,20-21,23H2,1-6H3,(H,43,48)(H,44,50)(H,45,49)(H,46,52)/t25-,28+,29+,30-,39-,40-/m1/s1. The summed E-state index contributed by atoms with van der Waals surface area (Å²) >= 11 is 0. The van der Waals surface area contributed by atoms with E-state index in [1.54, 1.807) is 4.90 Å². The minimum atomic E-state index is -3.84. The number of hydrogen-bond acceptors (Lipinski definition) is 9. The molecule has 0 aromatic carbocycles. The Kier molecular flexibility index (Phi) is 9.93. The first kappa shape index (κ1) is 39.6. The zero-order chi connectivity index (χ0) is 39.8. The number of nitrogens with one attached hydrogen (secondary N) is 4. The average Bonchev–Trinajstić information content (AvgIpc) is 4.07. The van der Waals surface area contributed by atoms with E-state index in [0.29, 0.717) is 38.6 Å². The molecule has 5 aliphatic carbocycles. The minimum Gasteiger partial charge on any atom is -0.342 e. The third-order valence-corrected chi connectivity index (χ3v) is 16.6. The lowest BCUT2D eigenvalue weighted by atomic mass is 9.73. The van der Waals surface area contributed by atoms with Crippen LogP contribution in [0, 0.1) is 33.5 Å². The SMILES string of the molecule is CC[C@@H]1C[C@]1(NC(=O)[C@@H]1C[C@@]2(CN1C(=O)[C@@H](NC(=O)[C@@H](NC(=O)c1cnccn1)C1CCCCC1)C(C)(C)C)C(C)(C)C21CCC1)C(=O)NS(=O)(=O)C1CC1. The number of sulfonamides is 1. The Labute approximate surface area is 325 Å². The van der Waals surface area contributed by atoms with Crippen LogP contribution in [0.15, 0.2) is 18.6 Å². The number of rotatable bonds is 12. The molecule has 7 rings (SSSR count). The Morgan fingerprint density at radius 2 is 1.62 bits per heavy atom. The molecular formula is C40H59N7O7S. The molecule has 6 fully saturated rings. The van der Waals surface area contributed by atoms with Gasteiger partial charge in [-0.15, -0.1) is 0 Å². The molecule has 0 bridgehead atoms. The van der Waals surface area contributed by atoms with E-state index in [-0.39, 0.29) is 33.8 Å². The van der Waals surface area contributed by atoms with Crippen LogP contribution in [0.1, 0.15) is 136 Å². The van der Waals surface area contributed by atoms with Gasteiger partial charge in [-0.2, -0.15) is 0 Å². The molecule has 1 aromatic rings. The topological polar surface area (TPSA) is 197 Å². The molecule has 1 aliphatic heterocycles. The number of aromatic nitrogens is 2. The highest BCUT2D eigenvalue weighted by Gasteiger charge is 2.85. The summed E-state index contributed by atoms with van der Waals surface area (Å²) in [5.74, 6) is -2.96. The Morgan fingerprint density at radius 1 is 0.927 bits per heavy atom. The molecule has 4 N–H and O–H groups in total. The zero-order valence-corrected chi connectivity index (χ0v) is 34.0. The number of nitrogens with zero attached hydrogens (tertiary/aromatic N) is 3. The van der Waals surface area contributed by atoms with Crippen LogP contribution in [0.5, 0.6) is 0 Å². The quantitative estimate of drug-likeness (QED) is 0.246. The Bertz CT molecular complexity index is 1830. The first-order chi connectivity index (χ1) is 25.8. The van der Waals surface area contributed by atoms with E-state index >= 15 is 4.79 Å². The molecular weight excluding hydrogens is 723 g/mol. The van der Waals surface area contributed by atoms with E-state index in [9.17, 15) is 27.6 Å². The van der Waals surface area contributed by atoms with Crippen molar-refractivity contribution in [3.05, 3.63) is 24.3 Å². The smallest absolute Gasteiger partial charge is 0.272 e. The second-order valence-corrected chi connectivity index (χ2v) is 21.0. The molecule has 5 saturated carbocycles. The molecule has 14 nitrogen and oxygen atoms in total. The maximum absolute atomic E-state index is 15.1. The van der Waals surface area contributed by atoms with Gasteiger partial charge in [0.2, 0.25) is 27.7 Å². The largest absolute Gasteiger partial charge is 0.342 e. The van der Waals surface area contributed by atoms with Crippen molar-refractivity contribution in [2.75, 3.05) is 6.54 Å². The normalized spacial score (nSPS) is 30.5. The highest BCUT2D eigenvalue weighted by atomic mass is 32.2. The molecule has 1 saturated heterocycles. The van der Waals surface area contributed by atoms with Gasteiger partial charge in [-0.05, 0) is 79.4 Å². The molecule has 6 aliphatic rings. The summed E-state index contributed by atoms with van der Waals surface area (Å²) < 4.78 is 27.9. The molecule has 55 heavy (non-hydrogen) atoms. The predicted octanol–water partition coefficient (Wildman–Crippen LogP) is 3.38. The number of carbonyl (C=O) groups is 5. The molecule has 0 unspecified atom stereocenters. The first-order valence-electron chi connectivity index (χ1n) is 20.4. The highest BCUT2D eigenvalue weighted by molar-refractivity contribution is 7.91. The van der Waals surface area contributed by atoms with Gasteiger partial charge in [0.1, 0.15) is 29.4 Å². The number of hydrogen-bond donors (Lipinski definition) is 4. The lowest BCUT2D eigenvalue weighted by Crippen LogP contribution is -2.62. The summed E-state index contributed by atoms with van der Waals surface area (Å²) in [7, 11) is -3.84. The van der Waals surface area contributed by atoms with Gasteiger partial charge in [0, 0.05) is 24.4 Å². The van der Waals surface area contributed by atoms with Crippen LogP contribution >= 0.6 is 0 Å². The van der Waals surface area contributed by atoms with Gasteiger partial charge in [0.25, 0.3) is 11.8 Å². The van der Waals surface area contributed by atoms with E-state index < -0.39 is 73.9 Å². The van der Waals surface area contributed by atoms with E-state index in [1.165, 1.54) is 18.6 Å². The Morgan fingerprint density at radius 3 is 2.15 bits per heavy atom. The van der Waals surface area contributed by atoms with Crippen molar-refractivity contribution in [2.45, 2.75) is 154 Å². The van der Waals surface area contributed by atoms with Crippen LogP contribution < -0.4 is 20.7 Å². The van der Waals surface area contributed by atoms with Gasteiger partial charge in [-0.25, -0.2) is 13.4 Å². The zero-order valence-electron chi connectivity index (χ0n) is 33.2. The van der Waals surface area contributed by atoms with Gasteiger partial charge in [-0.1, -0.05) is 73.6 Å². The van der Waals surface area contributed by atoms with Crippen molar-refractivity contribution >= 4 is 39.6 Å². The van der Waals surface area contributed by atoms with Crippen molar-refractivity contribution in [1.82, 2.24) is 35.5 Å². The summed E-state index contributed by atoms with van der Waals surface area (Å²) in [6.07, 6.45) is 14.0. The van der Waals surface area contributed by atoms with Crippen molar-refractivity contribution in [3.63, 3.8) is 0 Å². The van der Waals surface area contributed by atoms with E-state index in [0.717, 1.165) is 51.4 Å². The highest BCUT2D eigenvalue weighted by Crippen LogP contribution is 2.88. The fraction of sp³-hybridized carbons (Fsp3) is 0.775. The maximum atomic E-state index is 15.1. The van der Waals surface area contributed by atoms with Gasteiger partial charge in [0.15, 0.2) is 0 Å². The summed E-state index contributed by atoms with van der Waals surface area (Å²) in [6.45, 7) is 12.3. The number of likely N-dealkylation sites (tertiary alicyclic amines) is 1. The van der Waals surface area contributed by atoms with Gasteiger partial charge in [-0.3, -0.25) is 33.7 Å². The lowest BCUT2D eigenvalue weighted by molar-refractivity contribution is -0.145. The third-order valence-electron chi connectivity index (χ3n) is 14.8. The van der Waals surface area contributed by atoms with Crippen molar-refractivity contribution < 1.29 is 32.4 Å². The van der Waals surface area contributed by atoms with Gasteiger partial charge >= 0.3 is 0 Å². The third kappa shape index (κ3) is 6.63. The summed E-state index contributed by atoms with van der Waals surface area (Å²) in [5, 5.41) is 8.37. The lowest BCUT2D eigenvalue weighted by Gasteiger charge is -2.38. The van der Waals surface area contributed by atoms with Gasteiger partial charge in [0.05, 0.1) is 11.4 Å². The minimum absolute atomic E-state index is 0.0103. The molecule has 5 amide bonds. The van der Waals surface area contributed by atoms with Crippen LogP contribution in [0.4, 0.5) is 0 Å². The Hall–Kier alpha value is -3.62. The summed E-state index contributed by atoms with van der Waals surface area (Å²) in [6, 6.07) is -2.89. The number of fused-ring (bicyclic) bond motifs is 1. The number of amides is 5. The van der Waals surface area contributed by atoms with Crippen LogP contribution in [0.2, 0.25) is 0 Å². The molecule has 6 atom stereocenters. The molecule has 0 radical (unpaired) electrons. The van der Waals surface area contributed by atoms with E-state index in [4.69, 9.17) is 0 Å². The maximum Gasteiger partial charge on any atom is 0.272 e. The molecule has 1 aromatic heterocycles. The van der Waals surface area contributed by atoms with E-state index in [2.05, 4.69) is 44.5 Å². The molecule has 2 spiro atoms.